The largest absolute Gasteiger partial charge is 0.492 e. The molecular formula is C13H15NO5S. The monoisotopic (exact) mass is 297 g/mol. The Bertz CT molecular complexity index is 678. The van der Waals surface area contributed by atoms with Crippen LogP contribution in [0.1, 0.15) is 29.3 Å². The maximum Gasteiger partial charge on any atom is 0.335 e. The summed E-state index contributed by atoms with van der Waals surface area (Å²) in [7, 11) is -2.26. The number of carboxylic acid groups (broad SMARTS) is 1. The standard InChI is InChI=1S/C13H15NO5S/c1-3-6-19-12-8-20(17,18)14(2)11-7-9(13(15)16)4-5-10(11)12/h4-5,7-8H,3,6H2,1-2H3,(H,15,16). The fraction of sp³-hybridized carbons (Fsp3) is 0.308. The Balaban J connectivity index is 2.57. The van der Waals surface area contributed by atoms with E-state index in [2.05, 4.69) is 0 Å². The van der Waals surface area contributed by atoms with Gasteiger partial charge >= 0.3 is 5.97 Å². The summed E-state index contributed by atoms with van der Waals surface area (Å²) in [6.45, 7) is 2.31. The first kappa shape index (κ1) is 14.4. The van der Waals surface area contributed by atoms with E-state index >= 15 is 0 Å². The van der Waals surface area contributed by atoms with Gasteiger partial charge in [0.2, 0.25) is 0 Å². The van der Waals surface area contributed by atoms with Crippen molar-refractivity contribution in [3.05, 3.63) is 34.7 Å². The highest BCUT2D eigenvalue weighted by Crippen LogP contribution is 2.35. The average Bonchev–Trinajstić information content (AvgIpc) is 2.40. The summed E-state index contributed by atoms with van der Waals surface area (Å²) >= 11 is 0. The molecular weight excluding hydrogens is 282 g/mol. The molecule has 0 spiro atoms. The van der Waals surface area contributed by atoms with Gasteiger partial charge in [-0.15, -0.1) is 0 Å². The number of ether oxygens (including phenoxy) is 1. The molecule has 1 aromatic rings. The highest BCUT2D eigenvalue weighted by atomic mass is 32.2. The van der Waals surface area contributed by atoms with Crippen LogP contribution in [0.25, 0.3) is 5.76 Å². The molecule has 7 heteroatoms. The van der Waals surface area contributed by atoms with Crippen molar-refractivity contribution < 1.29 is 23.1 Å². The van der Waals surface area contributed by atoms with E-state index in [1.54, 1.807) is 6.07 Å². The van der Waals surface area contributed by atoms with Crippen LogP contribution < -0.4 is 4.31 Å². The zero-order chi connectivity index (χ0) is 14.9. The van der Waals surface area contributed by atoms with E-state index in [1.807, 2.05) is 6.92 Å². The molecule has 1 heterocycles. The lowest BCUT2D eigenvalue weighted by Gasteiger charge is -2.26. The molecule has 0 unspecified atom stereocenters. The Morgan fingerprint density at radius 2 is 2.10 bits per heavy atom. The van der Waals surface area contributed by atoms with Gasteiger partial charge in [-0.2, -0.15) is 0 Å². The molecule has 0 fully saturated rings. The number of nitrogens with zero attached hydrogens (tertiary/aromatic N) is 1. The van der Waals surface area contributed by atoms with Crippen LogP contribution in [0.4, 0.5) is 5.69 Å². The van der Waals surface area contributed by atoms with Crippen molar-refractivity contribution in [2.45, 2.75) is 13.3 Å². The average molecular weight is 297 g/mol. The third-order valence-corrected chi connectivity index (χ3v) is 4.42. The van der Waals surface area contributed by atoms with E-state index in [9.17, 15) is 13.2 Å². The molecule has 0 bridgehead atoms. The molecule has 2 rings (SSSR count). The first-order valence-corrected chi connectivity index (χ1v) is 7.58. The summed E-state index contributed by atoms with van der Waals surface area (Å²) in [5.74, 6) is -0.860. The van der Waals surface area contributed by atoms with E-state index in [1.165, 1.54) is 19.2 Å². The number of hydrogen-bond acceptors (Lipinski definition) is 4. The number of rotatable bonds is 4. The van der Waals surface area contributed by atoms with E-state index < -0.39 is 16.0 Å². The normalized spacial score (nSPS) is 16.3. The van der Waals surface area contributed by atoms with Crippen LogP contribution in [0.15, 0.2) is 23.6 Å². The van der Waals surface area contributed by atoms with Crippen molar-refractivity contribution in [1.82, 2.24) is 0 Å². The molecule has 0 atom stereocenters. The third kappa shape index (κ3) is 2.49. The lowest BCUT2D eigenvalue weighted by atomic mass is 10.1. The van der Waals surface area contributed by atoms with Gasteiger partial charge < -0.3 is 9.84 Å². The zero-order valence-electron chi connectivity index (χ0n) is 11.2. The zero-order valence-corrected chi connectivity index (χ0v) is 12.0. The van der Waals surface area contributed by atoms with Gasteiger partial charge in [-0.1, -0.05) is 6.92 Å². The first-order valence-electron chi connectivity index (χ1n) is 6.08. The molecule has 1 aliphatic heterocycles. The molecule has 0 saturated carbocycles. The number of carboxylic acids is 1. The predicted molar refractivity (Wildman–Crippen MR) is 74.9 cm³/mol. The summed E-state index contributed by atoms with van der Waals surface area (Å²) in [5, 5.41) is 10.1. The molecule has 108 valence electrons. The smallest absolute Gasteiger partial charge is 0.335 e. The molecule has 0 aliphatic carbocycles. The fourth-order valence-corrected chi connectivity index (χ4v) is 2.92. The third-order valence-electron chi connectivity index (χ3n) is 2.95. The van der Waals surface area contributed by atoms with E-state index in [0.717, 1.165) is 16.1 Å². The van der Waals surface area contributed by atoms with Gasteiger partial charge in [0, 0.05) is 12.6 Å². The van der Waals surface area contributed by atoms with Crippen molar-refractivity contribution in [2.75, 3.05) is 18.0 Å². The summed E-state index contributed by atoms with van der Waals surface area (Å²) in [5.41, 5.74) is 0.904. The van der Waals surface area contributed by atoms with Crippen molar-refractivity contribution in [3.63, 3.8) is 0 Å². The molecule has 0 aromatic heterocycles. The molecule has 1 aromatic carbocycles. The molecule has 0 amide bonds. The molecule has 0 saturated heterocycles. The van der Waals surface area contributed by atoms with Crippen LogP contribution >= 0.6 is 0 Å². The molecule has 1 N–H and O–H groups in total. The number of hydrogen-bond donors (Lipinski definition) is 1. The van der Waals surface area contributed by atoms with Crippen LogP contribution in [0.2, 0.25) is 0 Å². The summed E-state index contributed by atoms with van der Waals surface area (Å²) < 4.78 is 30.5. The second kappa shape index (κ2) is 5.16. The van der Waals surface area contributed by atoms with E-state index in [0.29, 0.717) is 17.9 Å². The maximum atomic E-state index is 12.0. The Morgan fingerprint density at radius 3 is 2.70 bits per heavy atom. The summed E-state index contributed by atoms with van der Waals surface area (Å²) in [6.07, 6.45) is 0.746. The quantitative estimate of drug-likeness (QED) is 0.917. The number of fused-ring (bicyclic) bond motifs is 1. The topological polar surface area (TPSA) is 83.9 Å². The van der Waals surface area contributed by atoms with Gasteiger partial charge in [0.05, 0.1) is 23.3 Å². The van der Waals surface area contributed by atoms with Gasteiger partial charge in [-0.3, -0.25) is 4.31 Å². The van der Waals surface area contributed by atoms with Crippen LogP contribution in [0.3, 0.4) is 0 Å². The van der Waals surface area contributed by atoms with Gasteiger partial charge in [0.25, 0.3) is 10.0 Å². The van der Waals surface area contributed by atoms with Gasteiger partial charge in [0.1, 0.15) is 5.76 Å². The van der Waals surface area contributed by atoms with Crippen molar-refractivity contribution >= 4 is 27.4 Å². The van der Waals surface area contributed by atoms with Gasteiger partial charge in [-0.05, 0) is 24.6 Å². The van der Waals surface area contributed by atoms with Crippen LogP contribution in [-0.2, 0) is 14.8 Å². The van der Waals surface area contributed by atoms with Crippen LogP contribution in [0.5, 0.6) is 0 Å². The minimum atomic E-state index is -3.64. The minimum absolute atomic E-state index is 0.0301. The number of carbonyl (C=O) groups is 1. The number of sulfonamides is 1. The Morgan fingerprint density at radius 1 is 1.40 bits per heavy atom. The second-order valence-electron chi connectivity index (χ2n) is 4.38. The Kier molecular flexibility index (Phi) is 3.71. The number of benzene rings is 1. The lowest BCUT2D eigenvalue weighted by Crippen LogP contribution is -2.29. The Labute approximate surface area is 117 Å². The van der Waals surface area contributed by atoms with Crippen molar-refractivity contribution in [2.24, 2.45) is 0 Å². The lowest BCUT2D eigenvalue weighted by molar-refractivity contribution is 0.0697. The summed E-state index contributed by atoms with van der Waals surface area (Å²) in [6, 6.07) is 4.32. The maximum absolute atomic E-state index is 12.0. The first-order chi connectivity index (χ1) is 9.36. The number of aromatic carboxylic acids is 1. The fourth-order valence-electron chi connectivity index (χ4n) is 1.87. The molecule has 1 aliphatic rings. The Hall–Kier alpha value is -2.02. The molecule has 0 radical (unpaired) electrons. The minimum Gasteiger partial charge on any atom is -0.492 e. The highest BCUT2D eigenvalue weighted by Gasteiger charge is 2.28. The SMILES string of the molecule is CCCOC1=CS(=O)(=O)N(C)c2cc(C(=O)O)ccc21. The molecule has 20 heavy (non-hydrogen) atoms. The van der Waals surface area contributed by atoms with Crippen LogP contribution in [0, 0.1) is 0 Å². The second-order valence-corrected chi connectivity index (χ2v) is 6.19. The van der Waals surface area contributed by atoms with Gasteiger partial charge in [0.15, 0.2) is 0 Å². The highest BCUT2D eigenvalue weighted by molar-refractivity contribution is 7.95. The number of anilines is 1. The summed E-state index contributed by atoms with van der Waals surface area (Å²) in [4.78, 5) is 11.0. The van der Waals surface area contributed by atoms with Gasteiger partial charge in [-0.25, -0.2) is 13.2 Å². The van der Waals surface area contributed by atoms with E-state index in [-0.39, 0.29) is 11.3 Å². The van der Waals surface area contributed by atoms with Crippen molar-refractivity contribution in [3.8, 4) is 0 Å². The van der Waals surface area contributed by atoms with Crippen molar-refractivity contribution in [1.29, 1.82) is 0 Å². The molecule has 6 nitrogen and oxygen atoms in total. The predicted octanol–water partition coefficient (Wildman–Crippen LogP) is 1.89. The van der Waals surface area contributed by atoms with E-state index in [4.69, 9.17) is 9.84 Å². The van der Waals surface area contributed by atoms with Crippen LogP contribution in [-0.4, -0.2) is 33.1 Å².